The van der Waals surface area contributed by atoms with Gasteiger partial charge in [-0.05, 0) is 44.4 Å². The molecule has 0 aliphatic carbocycles. The number of nitrogens with one attached hydrogen (secondary N) is 1. The minimum Gasteiger partial charge on any atom is -0.477 e. The van der Waals surface area contributed by atoms with Crippen molar-refractivity contribution in [1.82, 2.24) is 10.2 Å². The fraction of sp³-hybridized carbons (Fsp3) is 0.833. The van der Waals surface area contributed by atoms with Crippen LogP contribution in [0.25, 0.3) is 0 Å². The SMILES string of the molecule is CN[C@@H](C)[C@H](O[Si](C)(C)C(C)(C)C)[C@H](C)C/C=C(\C(=O)O)N(C)C. The average Bonchev–Trinajstić information content (AvgIpc) is 2.41. The lowest BCUT2D eigenvalue weighted by Gasteiger charge is -2.42. The van der Waals surface area contributed by atoms with Gasteiger partial charge < -0.3 is 19.7 Å². The molecule has 0 heterocycles. The molecule has 0 amide bonds. The van der Waals surface area contributed by atoms with Gasteiger partial charge in [-0.15, -0.1) is 0 Å². The summed E-state index contributed by atoms with van der Waals surface area (Å²) in [5.41, 5.74) is 0.324. The third kappa shape index (κ3) is 6.57. The zero-order valence-electron chi connectivity index (χ0n) is 17.2. The van der Waals surface area contributed by atoms with E-state index in [9.17, 15) is 9.90 Å². The van der Waals surface area contributed by atoms with Crippen molar-refractivity contribution in [2.24, 2.45) is 5.92 Å². The zero-order valence-corrected chi connectivity index (χ0v) is 18.2. The minimum absolute atomic E-state index is 0.0457. The first-order chi connectivity index (χ1) is 10.7. The smallest absolute Gasteiger partial charge is 0.351 e. The maximum absolute atomic E-state index is 11.3. The summed E-state index contributed by atoms with van der Waals surface area (Å²) in [6.07, 6.45) is 2.52. The lowest BCUT2D eigenvalue weighted by atomic mass is 9.95. The van der Waals surface area contributed by atoms with E-state index in [0.29, 0.717) is 12.1 Å². The molecule has 0 saturated carbocycles. The monoisotopic (exact) mass is 358 g/mol. The molecule has 0 aliphatic rings. The molecule has 0 aliphatic heterocycles. The first-order valence-corrected chi connectivity index (χ1v) is 11.6. The van der Waals surface area contributed by atoms with E-state index in [1.165, 1.54) is 0 Å². The van der Waals surface area contributed by atoms with E-state index in [1.807, 2.05) is 7.05 Å². The van der Waals surface area contributed by atoms with Crippen molar-refractivity contribution in [2.75, 3.05) is 21.1 Å². The molecule has 2 N–H and O–H groups in total. The Morgan fingerprint density at radius 3 is 2.12 bits per heavy atom. The van der Waals surface area contributed by atoms with Gasteiger partial charge in [0.15, 0.2) is 8.32 Å². The Bertz CT molecular complexity index is 442. The number of nitrogens with zero attached hydrogens (tertiary/aromatic N) is 1. The number of hydrogen-bond acceptors (Lipinski definition) is 4. The van der Waals surface area contributed by atoms with E-state index < -0.39 is 14.3 Å². The van der Waals surface area contributed by atoms with Crippen molar-refractivity contribution in [3.8, 4) is 0 Å². The summed E-state index contributed by atoms with van der Waals surface area (Å²) in [6, 6.07) is 0.204. The molecule has 0 spiro atoms. The van der Waals surface area contributed by atoms with Crippen LogP contribution in [-0.4, -0.2) is 57.6 Å². The van der Waals surface area contributed by atoms with Gasteiger partial charge in [0.2, 0.25) is 0 Å². The number of carbonyl (C=O) groups is 1. The van der Waals surface area contributed by atoms with Crippen LogP contribution in [0.5, 0.6) is 0 Å². The highest BCUT2D eigenvalue weighted by Gasteiger charge is 2.41. The number of rotatable bonds is 9. The molecule has 6 heteroatoms. The van der Waals surface area contributed by atoms with Gasteiger partial charge in [0.1, 0.15) is 5.70 Å². The summed E-state index contributed by atoms with van der Waals surface area (Å²) in [4.78, 5) is 13.0. The fourth-order valence-corrected chi connectivity index (χ4v) is 3.76. The Hall–Kier alpha value is -0.853. The molecule has 24 heavy (non-hydrogen) atoms. The molecule has 5 nitrogen and oxygen atoms in total. The van der Waals surface area contributed by atoms with Crippen molar-refractivity contribution in [2.45, 2.75) is 71.3 Å². The van der Waals surface area contributed by atoms with Gasteiger partial charge in [-0.25, -0.2) is 4.79 Å². The van der Waals surface area contributed by atoms with E-state index in [2.05, 4.69) is 53.0 Å². The van der Waals surface area contributed by atoms with Gasteiger partial charge in [-0.2, -0.15) is 0 Å². The number of hydrogen-bond donors (Lipinski definition) is 2. The molecule has 0 aromatic rings. The molecule has 0 bridgehead atoms. The molecule has 0 radical (unpaired) electrons. The van der Waals surface area contributed by atoms with Gasteiger partial charge in [0.05, 0.1) is 6.10 Å². The highest BCUT2D eigenvalue weighted by molar-refractivity contribution is 6.74. The first kappa shape index (κ1) is 23.1. The molecule has 142 valence electrons. The molecule has 0 aromatic carbocycles. The first-order valence-electron chi connectivity index (χ1n) is 8.70. The summed E-state index contributed by atoms with van der Waals surface area (Å²) >= 11 is 0. The molecule has 0 unspecified atom stereocenters. The third-order valence-corrected chi connectivity index (χ3v) is 9.60. The molecule has 3 atom stereocenters. The number of aliphatic carboxylic acids is 1. The Kier molecular flexibility index (Phi) is 8.69. The van der Waals surface area contributed by atoms with Crippen LogP contribution in [0.1, 0.15) is 41.0 Å². The topological polar surface area (TPSA) is 61.8 Å². The Labute approximate surface area is 149 Å². The lowest BCUT2D eigenvalue weighted by molar-refractivity contribution is -0.134. The standard InChI is InChI=1S/C18H38N2O3Si/c1-13(11-12-15(17(21)22)20(7)8)16(14(2)19-6)23-24(9,10)18(3,4)5/h12-14,16,19H,11H2,1-10H3,(H,21,22)/b15-12+/t13-,14+,16-/m1/s1. The second-order valence-corrected chi connectivity index (χ2v) is 13.2. The minimum atomic E-state index is -1.90. The van der Waals surface area contributed by atoms with Crippen LogP contribution in [0.2, 0.25) is 18.1 Å². The maximum Gasteiger partial charge on any atom is 0.351 e. The number of carboxylic acid groups (broad SMARTS) is 1. The van der Waals surface area contributed by atoms with Crippen LogP contribution in [-0.2, 0) is 9.22 Å². The molecule has 0 aromatic heterocycles. The van der Waals surface area contributed by atoms with Crippen molar-refractivity contribution in [3.05, 3.63) is 11.8 Å². The van der Waals surface area contributed by atoms with Crippen molar-refractivity contribution >= 4 is 14.3 Å². The predicted octanol–water partition coefficient (Wildman–Crippen LogP) is 3.54. The maximum atomic E-state index is 11.3. The van der Waals surface area contributed by atoms with Crippen molar-refractivity contribution in [3.63, 3.8) is 0 Å². The number of allylic oxidation sites excluding steroid dienone is 1. The quantitative estimate of drug-likeness (QED) is 0.487. The summed E-state index contributed by atoms with van der Waals surface area (Å²) in [7, 11) is 3.55. The summed E-state index contributed by atoms with van der Waals surface area (Å²) in [6.45, 7) is 15.5. The molecular formula is C18H38N2O3Si. The summed E-state index contributed by atoms with van der Waals surface area (Å²) in [5, 5.41) is 12.7. The van der Waals surface area contributed by atoms with Gasteiger partial charge in [-0.3, -0.25) is 0 Å². The van der Waals surface area contributed by atoms with Gasteiger partial charge >= 0.3 is 5.97 Å². The van der Waals surface area contributed by atoms with Crippen molar-refractivity contribution < 1.29 is 14.3 Å². The molecular weight excluding hydrogens is 320 g/mol. The van der Waals surface area contributed by atoms with Crippen LogP contribution in [0, 0.1) is 5.92 Å². The number of carboxylic acids is 1. The van der Waals surface area contributed by atoms with Crippen molar-refractivity contribution in [1.29, 1.82) is 0 Å². The van der Waals surface area contributed by atoms with E-state index >= 15 is 0 Å². The van der Waals surface area contributed by atoms with Crippen LogP contribution >= 0.6 is 0 Å². The highest BCUT2D eigenvalue weighted by atomic mass is 28.4. The van der Waals surface area contributed by atoms with Crippen LogP contribution in [0.4, 0.5) is 0 Å². The van der Waals surface area contributed by atoms with Crippen LogP contribution < -0.4 is 5.32 Å². The van der Waals surface area contributed by atoms with Crippen LogP contribution in [0.15, 0.2) is 11.8 Å². The number of likely N-dealkylation sites (N-methyl/N-ethyl adjacent to an activating group) is 2. The summed E-state index contributed by atoms with van der Waals surface area (Å²) < 4.78 is 6.66. The van der Waals surface area contributed by atoms with Gasteiger partial charge in [0.25, 0.3) is 0 Å². The normalized spacial score (nSPS) is 17.3. The second kappa shape index (κ2) is 9.01. The second-order valence-electron chi connectivity index (χ2n) is 8.42. The average molecular weight is 359 g/mol. The third-order valence-electron chi connectivity index (χ3n) is 5.13. The highest BCUT2D eigenvalue weighted by Crippen LogP contribution is 2.38. The van der Waals surface area contributed by atoms with E-state index in [4.69, 9.17) is 4.43 Å². The molecule has 0 fully saturated rings. The summed E-state index contributed by atoms with van der Waals surface area (Å²) in [5.74, 6) is -0.674. The zero-order chi connectivity index (χ0) is 19.3. The van der Waals surface area contributed by atoms with Gasteiger partial charge in [-0.1, -0.05) is 33.8 Å². The van der Waals surface area contributed by atoms with Crippen LogP contribution in [0.3, 0.4) is 0 Å². The molecule has 0 rings (SSSR count). The lowest BCUT2D eigenvalue weighted by Crippen LogP contribution is -2.51. The van der Waals surface area contributed by atoms with E-state index in [0.717, 1.165) is 0 Å². The Morgan fingerprint density at radius 2 is 1.79 bits per heavy atom. The largest absolute Gasteiger partial charge is 0.477 e. The predicted molar refractivity (Wildman–Crippen MR) is 104 cm³/mol. The molecule has 0 saturated heterocycles. The fourth-order valence-electron chi connectivity index (χ4n) is 2.29. The van der Waals surface area contributed by atoms with Gasteiger partial charge in [0, 0.05) is 20.1 Å². The van der Waals surface area contributed by atoms with E-state index in [-0.39, 0.29) is 23.1 Å². The van der Waals surface area contributed by atoms with E-state index in [1.54, 1.807) is 25.1 Å². The Morgan fingerprint density at radius 1 is 1.29 bits per heavy atom. The Balaban J connectivity index is 5.33.